The fraction of sp³-hybridized carbons (Fsp3) is 1.00. The largest absolute Gasteiger partial charge is 0.270 e. The Balaban J connectivity index is 4.15. The average Bonchev–Trinajstić information content (AvgIpc) is 1.55. The molecule has 5 heteroatoms. The molecule has 68 valence electrons. The van der Waals surface area contributed by atoms with E-state index >= 15 is 0 Å². The van der Waals surface area contributed by atoms with E-state index in [1.54, 1.807) is 20.8 Å². The lowest BCUT2D eigenvalue weighted by Gasteiger charge is -2.17. The second-order valence-corrected chi connectivity index (χ2v) is 4.84. The van der Waals surface area contributed by atoms with Crippen LogP contribution in [0.5, 0.6) is 0 Å². The molecule has 0 radical (unpaired) electrons. The van der Waals surface area contributed by atoms with Crippen LogP contribution in [0.25, 0.3) is 0 Å². The standard InChI is InChI=1S/C6H13FO3S/c1-6(2,3)10-11(8,9)5-4-7/h4-5H2,1-3H3. The molecule has 0 aliphatic rings. The van der Waals surface area contributed by atoms with Gasteiger partial charge in [-0.3, -0.25) is 4.18 Å². The van der Waals surface area contributed by atoms with Gasteiger partial charge in [-0.05, 0) is 20.8 Å². The average molecular weight is 184 g/mol. The fourth-order valence-electron chi connectivity index (χ4n) is 0.517. The van der Waals surface area contributed by atoms with E-state index in [4.69, 9.17) is 0 Å². The third-order valence-electron chi connectivity index (χ3n) is 0.704. The van der Waals surface area contributed by atoms with Gasteiger partial charge in [-0.25, -0.2) is 4.39 Å². The van der Waals surface area contributed by atoms with Crippen LogP contribution < -0.4 is 0 Å². The maximum Gasteiger partial charge on any atom is 0.270 e. The van der Waals surface area contributed by atoms with Gasteiger partial charge in [-0.15, -0.1) is 0 Å². The summed E-state index contributed by atoms with van der Waals surface area (Å²) in [6, 6.07) is 0. The van der Waals surface area contributed by atoms with Crippen molar-refractivity contribution >= 4 is 10.1 Å². The minimum atomic E-state index is -3.66. The maximum absolute atomic E-state index is 11.6. The predicted octanol–water partition coefficient (Wildman–Crippen LogP) is 1.10. The number of rotatable bonds is 3. The number of hydrogen-bond acceptors (Lipinski definition) is 3. The Morgan fingerprint density at radius 2 is 1.82 bits per heavy atom. The van der Waals surface area contributed by atoms with Gasteiger partial charge >= 0.3 is 0 Å². The van der Waals surface area contributed by atoms with Gasteiger partial charge in [0.05, 0.1) is 5.60 Å². The van der Waals surface area contributed by atoms with Gasteiger partial charge in [0.1, 0.15) is 12.4 Å². The molecule has 0 spiro atoms. The summed E-state index contributed by atoms with van der Waals surface area (Å²) >= 11 is 0. The molecule has 11 heavy (non-hydrogen) atoms. The van der Waals surface area contributed by atoms with Gasteiger partial charge in [0.15, 0.2) is 0 Å². The quantitative estimate of drug-likeness (QED) is 0.617. The van der Waals surface area contributed by atoms with Crippen molar-refractivity contribution in [3.05, 3.63) is 0 Å². The molecule has 0 aliphatic heterocycles. The molecule has 0 atom stereocenters. The molecule has 0 fully saturated rings. The van der Waals surface area contributed by atoms with Gasteiger partial charge in [0, 0.05) is 0 Å². The van der Waals surface area contributed by atoms with Gasteiger partial charge < -0.3 is 0 Å². The lowest BCUT2D eigenvalue weighted by Crippen LogP contribution is -2.26. The van der Waals surface area contributed by atoms with Crippen LogP contribution in [0.2, 0.25) is 0 Å². The van der Waals surface area contributed by atoms with E-state index in [1.165, 1.54) is 0 Å². The van der Waals surface area contributed by atoms with E-state index in [0.29, 0.717) is 0 Å². The third kappa shape index (κ3) is 6.25. The lowest BCUT2D eigenvalue weighted by atomic mass is 10.2. The van der Waals surface area contributed by atoms with Gasteiger partial charge in [0.25, 0.3) is 10.1 Å². The Hall–Kier alpha value is -0.160. The van der Waals surface area contributed by atoms with E-state index in [-0.39, 0.29) is 0 Å². The van der Waals surface area contributed by atoms with Gasteiger partial charge in [0.2, 0.25) is 0 Å². The molecule has 0 rings (SSSR count). The molecule has 0 aromatic rings. The first-order valence-electron chi connectivity index (χ1n) is 3.26. The Morgan fingerprint density at radius 3 is 2.09 bits per heavy atom. The summed E-state index contributed by atoms with van der Waals surface area (Å²) in [5.74, 6) is -0.565. The molecule has 0 N–H and O–H groups in total. The second-order valence-electron chi connectivity index (χ2n) is 3.15. The zero-order valence-electron chi connectivity index (χ0n) is 6.93. The molecular weight excluding hydrogens is 171 g/mol. The molecule has 0 bridgehead atoms. The summed E-state index contributed by atoms with van der Waals surface area (Å²) < 4.78 is 37.8. The van der Waals surface area contributed by atoms with Crippen LogP contribution in [-0.4, -0.2) is 26.4 Å². The first kappa shape index (κ1) is 10.8. The van der Waals surface area contributed by atoms with E-state index in [9.17, 15) is 12.8 Å². The van der Waals surface area contributed by atoms with Gasteiger partial charge in [-0.1, -0.05) is 0 Å². The Morgan fingerprint density at radius 1 is 1.36 bits per heavy atom. The van der Waals surface area contributed by atoms with Crippen molar-refractivity contribution in [3.8, 4) is 0 Å². The van der Waals surface area contributed by atoms with Crippen molar-refractivity contribution in [1.82, 2.24) is 0 Å². The van der Waals surface area contributed by atoms with Crippen LogP contribution >= 0.6 is 0 Å². The highest BCUT2D eigenvalue weighted by atomic mass is 32.2. The minimum Gasteiger partial charge on any atom is -0.264 e. The molecule has 0 amide bonds. The van der Waals surface area contributed by atoms with Crippen molar-refractivity contribution in [2.75, 3.05) is 12.4 Å². The van der Waals surface area contributed by atoms with Crippen molar-refractivity contribution in [1.29, 1.82) is 0 Å². The molecule has 0 saturated carbocycles. The molecule has 0 aromatic carbocycles. The summed E-state index contributed by atoms with van der Waals surface area (Å²) in [5.41, 5.74) is -0.770. The maximum atomic E-state index is 11.6. The minimum absolute atomic E-state index is 0.565. The SMILES string of the molecule is CC(C)(C)OS(=O)(=O)CCF. The van der Waals surface area contributed by atoms with E-state index in [0.717, 1.165) is 0 Å². The molecule has 0 aliphatic carbocycles. The highest BCUT2D eigenvalue weighted by Gasteiger charge is 2.21. The smallest absolute Gasteiger partial charge is 0.264 e. The van der Waals surface area contributed by atoms with E-state index < -0.39 is 28.1 Å². The number of alkyl halides is 1. The topological polar surface area (TPSA) is 43.4 Å². The Labute approximate surface area is 66.7 Å². The van der Waals surface area contributed by atoms with Crippen LogP contribution in [-0.2, 0) is 14.3 Å². The molecule has 3 nitrogen and oxygen atoms in total. The van der Waals surface area contributed by atoms with E-state index in [2.05, 4.69) is 4.18 Å². The first-order valence-corrected chi connectivity index (χ1v) is 4.84. The van der Waals surface area contributed by atoms with Crippen LogP contribution in [0, 0.1) is 0 Å². The normalized spacial score (nSPS) is 13.5. The van der Waals surface area contributed by atoms with Crippen molar-refractivity contribution in [3.63, 3.8) is 0 Å². The van der Waals surface area contributed by atoms with Crippen molar-refractivity contribution in [2.24, 2.45) is 0 Å². The lowest BCUT2D eigenvalue weighted by molar-refractivity contribution is 0.139. The fourth-order valence-corrected chi connectivity index (χ4v) is 1.55. The molecule has 0 saturated heterocycles. The number of halogens is 1. The van der Waals surface area contributed by atoms with Crippen molar-refractivity contribution < 1.29 is 17.0 Å². The third-order valence-corrected chi connectivity index (χ3v) is 2.11. The molecule has 0 aromatic heterocycles. The highest BCUT2D eigenvalue weighted by Crippen LogP contribution is 2.11. The van der Waals surface area contributed by atoms with Crippen LogP contribution in [0.15, 0.2) is 0 Å². The summed E-state index contributed by atoms with van der Waals surface area (Å²) in [5, 5.41) is 0. The highest BCUT2D eigenvalue weighted by molar-refractivity contribution is 7.86. The Bertz CT molecular complexity index is 202. The predicted molar refractivity (Wildman–Crippen MR) is 40.6 cm³/mol. The summed E-state index contributed by atoms with van der Waals surface area (Å²) in [7, 11) is -3.66. The summed E-state index contributed by atoms with van der Waals surface area (Å²) in [6.07, 6.45) is 0. The summed E-state index contributed by atoms with van der Waals surface area (Å²) in [4.78, 5) is 0. The summed E-state index contributed by atoms with van der Waals surface area (Å²) in [6.45, 7) is 3.90. The van der Waals surface area contributed by atoms with Crippen LogP contribution in [0.4, 0.5) is 4.39 Å². The van der Waals surface area contributed by atoms with Crippen LogP contribution in [0.3, 0.4) is 0 Å². The van der Waals surface area contributed by atoms with Crippen molar-refractivity contribution in [2.45, 2.75) is 26.4 Å². The molecule has 0 heterocycles. The zero-order chi connectivity index (χ0) is 9.12. The van der Waals surface area contributed by atoms with Crippen LogP contribution in [0.1, 0.15) is 20.8 Å². The molecule has 0 unspecified atom stereocenters. The zero-order valence-corrected chi connectivity index (χ0v) is 7.74. The number of hydrogen-bond donors (Lipinski definition) is 0. The second kappa shape index (κ2) is 3.49. The first-order chi connectivity index (χ1) is 4.77. The monoisotopic (exact) mass is 184 g/mol. The van der Waals surface area contributed by atoms with Gasteiger partial charge in [-0.2, -0.15) is 8.42 Å². The Kier molecular flexibility index (Phi) is 3.44. The molecular formula is C6H13FO3S. The van der Waals surface area contributed by atoms with E-state index in [1.807, 2.05) is 0 Å².